The molecule has 138 valence electrons. The molecule has 1 amide bonds. The van der Waals surface area contributed by atoms with E-state index in [4.69, 9.17) is 10.5 Å². The summed E-state index contributed by atoms with van der Waals surface area (Å²) in [4.78, 5) is 31.1. The summed E-state index contributed by atoms with van der Waals surface area (Å²) in [6.45, 7) is 0. The zero-order valence-corrected chi connectivity index (χ0v) is 14.8. The number of H-pyrrole nitrogens is 1. The summed E-state index contributed by atoms with van der Waals surface area (Å²) >= 11 is 0. The highest BCUT2D eigenvalue weighted by atomic mass is 16.5. The maximum Gasteiger partial charge on any atom is 0.308 e. The van der Waals surface area contributed by atoms with Gasteiger partial charge in [-0.05, 0) is 50.0 Å². The SMILES string of the molecule is COC(=O)[C@@H]1C[C@@H]2C[C@@H](C[C@@H](Nc3c(C(N)=O)cnc4[nH]ccc34)C2)C1. The van der Waals surface area contributed by atoms with Crippen LogP contribution in [0.1, 0.15) is 42.5 Å². The Bertz CT molecular complexity index is 832. The minimum absolute atomic E-state index is 0.0307. The molecule has 0 saturated heterocycles. The van der Waals surface area contributed by atoms with Crippen molar-refractivity contribution in [3.63, 3.8) is 0 Å². The Balaban J connectivity index is 1.55. The number of anilines is 1. The summed E-state index contributed by atoms with van der Waals surface area (Å²) in [7, 11) is 1.47. The lowest BCUT2D eigenvalue weighted by Crippen LogP contribution is -2.39. The highest BCUT2D eigenvalue weighted by Crippen LogP contribution is 2.44. The van der Waals surface area contributed by atoms with Gasteiger partial charge in [-0.3, -0.25) is 9.59 Å². The van der Waals surface area contributed by atoms with Gasteiger partial charge < -0.3 is 20.8 Å². The zero-order valence-electron chi connectivity index (χ0n) is 14.8. The number of nitrogens with zero attached hydrogens (tertiary/aromatic N) is 1. The molecular formula is C19H24N4O3. The molecule has 2 fully saturated rings. The number of pyridine rings is 1. The number of ether oxygens (including phenoxy) is 1. The van der Waals surface area contributed by atoms with Crippen LogP contribution in [0, 0.1) is 17.8 Å². The Morgan fingerprint density at radius 2 is 1.96 bits per heavy atom. The summed E-state index contributed by atoms with van der Waals surface area (Å²) < 4.78 is 4.94. The van der Waals surface area contributed by atoms with Crippen molar-refractivity contribution in [2.45, 2.75) is 38.1 Å². The number of carbonyl (C=O) groups is 2. The largest absolute Gasteiger partial charge is 0.469 e. The van der Waals surface area contributed by atoms with E-state index in [-0.39, 0.29) is 17.9 Å². The van der Waals surface area contributed by atoms with Gasteiger partial charge in [-0.2, -0.15) is 0 Å². The molecule has 0 unspecified atom stereocenters. The summed E-state index contributed by atoms with van der Waals surface area (Å²) in [5, 5.41) is 4.45. The van der Waals surface area contributed by atoms with Crippen LogP contribution in [-0.2, 0) is 9.53 Å². The molecule has 4 atom stereocenters. The first-order valence-electron chi connectivity index (χ1n) is 9.15. The third-order valence-electron chi connectivity index (χ3n) is 5.87. The smallest absolute Gasteiger partial charge is 0.308 e. The fraction of sp³-hybridized carbons (Fsp3) is 0.526. The quantitative estimate of drug-likeness (QED) is 0.729. The van der Waals surface area contributed by atoms with Gasteiger partial charge in [0.25, 0.3) is 5.91 Å². The molecule has 0 spiro atoms. The van der Waals surface area contributed by atoms with E-state index in [9.17, 15) is 9.59 Å². The van der Waals surface area contributed by atoms with E-state index in [1.54, 1.807) is 0 Å². The number of nitrogens with one attached hydrogen (secondary N) is 2. The van der Waals surface area contributed by atoms with Crippen LogP contribution >= 0.6 is 0 Å². The van der Waals surface area contributed by atoms with Gasteiger partial charge >= 0.3 is 5.97 Å². The Morgan fingerprint density at radius 1 is 1.23 bits per heavy atom. The second-order valence-corrected chi connectivity index (χ2v) is 7.62. The maximum atomic E-state index is 11.9. The van der Waals surface area contributed by atoms with Crippen molar-refractivity contribution >= 4 is 28.6 Å². The van der Waals surface area contributed by atoms with Crippen LogP contribution in [0.2, 0.25) is 0 Å². The van der Waals surface area contributed by atoms with Crippen LogP contribution in [0.15, 0.2) is 18.5 Å². The van der Waals surface area contributed by atoms with E-state index in [1.807, 2.05) is 12.3 Å². The summed E-state index contributed by atoms with van der Waals surface area (Å²) in [5.74, 6) is 0.479. The number of aromatic nitrogens is 2. The summed E-state index contributed by atoms with van der Waals surface area (Å²) in [6, 6.07) is 2.17. The van der Waals surface area contributed by atoms with Crippen molar-refractivity contribution < 1.29 is 14.3 Å². The van der Waals surface area contributed by atoms with E-state index in [0.717, 1.165) is 42.4 Å². The molecule has 2 aliphatic carbocycles. The zero-order chi connectivity index (χ0) is 18.3. The van der Waals surface area contributed by atoms with E-state index in [1.165, 1.54) is 19.7 Å². The first kappa shape index (κ1) is 16.9. The number of amides is 1. The molecule has 7 nitrogen and oxygen atoms in total. The molecule has 0 aliphatic heterocycles. The fourth-order valence-corrected chi connectivity index (χ4v) is 4.88. The van der Waals surface area contributed by atoms with Crippen LogP contribution in [0.25, 0.3) is 11.0 Å². The number of hydrogen-bond acceptors (Lipinski definition) is 5. The number of methoxy groups -OCH3 is 1. The number of hydrogen-bond donors (Lipinski definition) is 3. The molecule has 26 heavy (non-hydrogen) atoms. The average molecular weight is 356 g/mol. The predicted octanol–water partition coefficient (Wildman–Crippen LogP) is 2.44. The van der Waals surface area contributed by atoms with Crippen LogP contribution in [-0.4, -0.2) is 35.0 Å². The first-order valence-corrected chi connectivity index (χ1v) is 9.15. The molecule has 4 N–H and O–H groups in total. The van der Waals surface area contributed by atoms with Crippen LogP contribution in [0.5, 0.6) is 0 Å². The van der Waals surface area contributed by atoms with Crippen molar-refractivity contribution in [1.82, 2.24) is 9.97 Å². The average Bonchev–Trinajstić information content (AvgIpc) is 3.09. The van der Waals surface area contributed by atoms with Crippen molar-refractivity contribution in [2.75, 3.05) is 12.4 Å². The van der Waals surface area contributed by atoms with Crippen molar-refractivity contribution in [1.29, 1.82) is 0 Å². The first-order chi connectivity index (χ1) is 12.5. The number of rotatable bonds is 4. The molecule has 4 rings (SSSR count). The molecule has 2 saturated carbocycles. The van der Waals surface area contributed by atoms with Gasteiger partial charge in [-0.25, -0.2) is 4.98 Å². The number of nitrogens with two attached hydrogens (primary N) is 1. The number of esters is 1. The highest BCUT2D eigenvalue weighted by Gasteiger charge is 2.39. The molecule has 0 aromatic carbocycles. The third-order valence-corrected chi connectivity index (χ3v) is 5.87. The Labute approximate surface area is 151 Å². The maximum absolute atomic E-state index is 11.9. The van der Waals surface area contributed by atoms with Crippen molar-refractivity contribution in [2.24, 2.45) is 23.5 Å². The van der Waals surface area contributed by atoms with Gasteiger partial charge in [0, 0.05) is 23.8 Å². The molecule has 2 heterocycles. The van der Waals surface area contributed by atoms with E-state index in [2.05, 4.69) is 15.3 Å². The van der Waals surface area contributed by atoms with Gasteiger partial charge in [-0.15, -0.1) is 0 Å². The standard InChI is InChI=1S/C19H24N4O3/c1-26-19(25)12-5-10-4-11(6-12)8-13(7-10)23-16-14-2-3-21-18(14)22-9-15(16)17(20)24/h2-3,9-13H,4-8H2,1H3,(H2,20,24)(H2,21,22,23)/t10-,11+,12+,13-. The topological polar surface area (TPSA) is 110 Å². The van der Waals surface area contributed by atoms with Gasteiger partial charge in [-0.1, -0.05) is 0 Å². The molecule has 2 bridgehead atoms. The minimum Gasteiger partial charge on any atom is -0.469 e. The summed E-state index contributed by atoms with van der Waals surface area (Å²) in [6.07, 6.45) is 8.25. The minimum atomic E-state index is -0.482. The molecule has 7 heteroatoms. The Kier molecular flexibility index (Phi) is 4.30. The number of carbonyl (C=O) groups excluding carboxylic acids is 2. The normalized spacial score (nSPS) is 27.9. The van der Waals surface area contributed by atoms with Crippen molar-refractivity contribution in [3.05, 3.63) is 24.0 Å². The highest BCUT2D eigenvalue weighted by molar-refractivity contribution is 6.05. The van der Waals surface area contributed by atoms with Gasteiger partial charge in [0.1, 0.15) is 5.65 Å². The van der Waals surface area contributed by atoms with Crippen LogP contribution in [0.4, 0.5) is 5.69 Å². The predicted molar refractivity (Wildman–Crippen MR) is 97.6 cm³/mol. The third kappa shape index (κ3) is 3.02. The fourth-order valence-electron chi connectivity index (χ4n) is 4.88. The van der Waals surface area contributed by atoms with Gasteiger partial charge in [0.05, 0.1) is 24.3 Å². The number of aromatic amines is 1. The van der Waals surface area contributed by atoms with E-state index < -0.39 is 5.91 Å². The Hall–Kier alpha value is -2.57. The lowest BCUT2D eigenvalue weighted by Gasteiger charge is -2.42. The van der Waals surface area contributed by atoms with Crippen LogP contribution in [0.3, 0.4) is 0 Å². The monoisotopic (exact) mass is 356 g/mol. The van der Waals surface area contributed by atoms with Crippen molar-refractivity contribution in [3.8, 4) is 0 Å². The second kappa shape index (κ2) is 6.63. The van der Waals surface area contributed by atoms with Crippen LogP contribution < -0.4 is 11.1 Å². The van der Waals surface area contributed by atoms with E-state index in [0.29, 0.717) is 17.4 Å². The van der Waals surface area contributed by atoms with Gasteiger partial charge in [0.15, 0.2) is 0 Å². The molecule has 2 aliphatic rings. The van der Waals surface area contributed by atoms with E-state index >= 15 is 0 Å². The Morgan fingerprint density at radius 3 is 2.62 bits per heavy atom. The number of fused-ring (bicyclic) bond motifs is 3. The number of primary amides is 1. The van der Waals surface area contributed by atoms with Gasteiger partial charge in [0.2, 0.25) is 0 Å². The molecule has 0 radical (unpaired) electrons. The lowest BCUT2D eigenvalue weighted by atomic mass is 9.66. The molecule has 2 aromatic rings. The second-order valence-electron chi connectivity index (χ2n) is 7.62. The lowest BCUT2D eigenvalue weighted by molar-refractivity contribution is -0.148. The molecular weight excluding hydrogens is 332 g/mol. The molecule has 2 aromatic heterocycles. The summed E-state index contributed by atoms with van der Waals surface area (Å²) in [5.41, 5.74) is 7.47.